The van der Waals surface area contributed by atoms with E-state index in [4.69, 9.17) is 16.3 Å². The Hall–Kier alpha value is -2.35. The zero-order chi connectivity index (χ0) is 22.4. The average molecular weight is 446 g/mol. The Kier molecular flexibility index (Phi) is 8.12. The van der Waals surface area contributed by atoms with E-state index in [1.165, 1.54) is 5.56 Å². The average Bonchev–Trinajstić information content (AvgIpc) is 2.74. The quantitative estimate of drug-likeness (QED) is 0.622. The highest BCUT2D eigenvalue weighted by Gasteiger charge is 2.25. The topological polar surface area (TPSA) is 52.2 Å². The van der Waals surface area contributed by atoms with Crippen LogP contribution in [0, 0.1) is 0 Å². The van der Waals surface area contributed by atoms with Crippen LogP contribution >= 0.6 is 11.6 Å². The summed E-state index contributed by atoms with van der Waals surface area (Å²) in [7, 11) is 8.06. The largest absolute Gasteiger partial charge is 0.491 e. The van der Waals surface area contributed by atoms with E-state index in [0.717, 1.165) is 32.0 Å². The Bertz CT molecular complexity index is 865. The molecule has 1 fully saturated rings. The Morgan fingerprint density at radius 2 is 1.81 bits per heavy atom. The number of amides is 1. The molecule has 0 atom stereocenters. The number of ether oxygens (including phenoxy) is 1. The molecule has 0 saturated carbocycles. The molecule has 2 heterocycles. The first kappa shape index (κ1) is 23.3. The van der Waals surface area contributed by atoms with Crippen LogP contribution in [0.4, 0.5) is 5.82 Å². The third-order valence-electron chi connectivity index (χ3n) is 5.17. The Labute approximate surface area is 190 Å². The number of likely N-dealkylation sites (N-methyl/N-ethyl adjacent to an activating group) is 1. The van der Waals surface area contributed by atoms with Gasteiger partial charge in [-0.05, 0) is 58.0 Å². The van der Waals surface area contributed by atoms with Crippen LogP contribution in [0.2, 0.25) is 5.02 Å². The van der Waals surface area contributed by atoms with Gasteiger partial charge in [-0.2, -0.15) is 0 Å². The van der Waals surface area contributed by atoms with Crippen LogP contribution in [0.1, 0.15) is 15.9 Å². The predicted octanol–water partition coefficient (Wildman–Crippen LogP) is 2.70. The molecular weight excluding hydrogens is 414 g/mol. The van der Waals surface area contributed by atoms with Crippen molar-refractivity contribution in [1.82, 2.24) is 19.7 Å². The molecule has 2 aromatic rings. The fourth-order valence-corrected chi connectivity index (χ4v) is 3.68. The van der Waals surface area contributed by atoms with Gasteiger partial charge in [0.2, 0.25) is 0 Å². The first-order valence-corrected chi connectivity index (χ1v) is 10.9. The van der Waals surface area contributed by atoms with E-state index < -0.39 is 0 Å². The molecular formula is C23H32ClN5O2. The summed E-state index contributed by atoms with van der Waals surface area (Å²) in [5.74, 6) is 1.48. The monoisotopic (exact) mass is 445 g/mol. The summed E-state index contributed by atoms with van der Waals surface area (Å²) in [6.07, 6.45) is 1.93. The smallest absolute Gasteiger partial charge is 0.257 e. The number of hydrogen-bond acceptors (Lipinski definition) is 6. The fourth-order valence-electron chi connectivity index (χ4n) is 3.50. The Morgan fingerprint density at radius 3 is 2.42 bits per heavy atom. The van der Waals surface area contributed by atoms with Crippen molar-refractivity contribution in [3.8, 4) is 5.75 Å². The zero-order valence-corrected chi connectivity index (χ0v) is 19.6. The standard InChI is InChI=1S/C23H32ClN5O2/c1-26(2)13-14-31-21-7-6-19(24)15-20(21)23(30)29-11-9-28(10-12-29)22-8-5-18(16-25-22)17-27(3)4/h5-8,15-16H,9-14,17H2,1-4H3. The van der Waals surface area contributed by atoms with Crippen molar-refractivity contribution in [2.24, 2.45) is 0 Å². The number of halogens is 1. The molecule has 0 bridgehead atoms. The van der Waals surface area contributed by atoms with Gasteiger partial charge in [0.1, 0.15) is 18.2 Å². The normalized spacial score (nSPS) is 14.4. The zero-order valence-electron chi connectivity index (χ0n) is 18.8. The summed E-state index contributed by atoms with van der Waals surface area (Å²) in [6.45, 7) is 4.89. The van der Waals surface area contributed by atoms with Gasteiger partial charge in [0.25, 0.3) is 5.91 Å². The van der Waals surface area contributed by atoms with Crippen molar-refractivity contribution >= 4 is 23.3 Å². The predicted molar refractivity (Wildman–Crippen MR) is 125 cm³/mol. The van der Waals surface area contributed by atoms with Gasteiger partial charge in [0.05, 0.1) is 5.56 Å². The molecule has 31 heavy (non-hydrogen) atoms. The van der Waals surface area contributed by atoms with E-state index >= 15 is 0 Å². The van der Waals surface area contributed by atoms with Crippen LogP contribution in [-0.2, 0) is 6.54 Å². The number of benzene rings is 1. The molecule has 1 saturated heterocycles. The molecule has 0 unspecified atom stereocenters. The number of piperazine rings is 1. The lowest BCUT2D eigenvalue weighted by Crippen LogP contribution is -2.49. The number of anilines is 1. The SMILES string of the molecule is CN(C)CCOc1ccc(Cl)cc1C(=O)N1CCN(c2ccc(CN(C)C)cn2)CC1. The van der Waals surface area contributed by atoms with Gasteiger partial charge >= 0.3 is 0 Å². The summed E-state index contributed by atoms with van der Waals surface area (Å²) < 4.78 is 5.87. The van der Waals surface area contributed by atoms with Gasteiger partial charge in [0, 0.05) is 50.5 Å². The minimum absolute atomic E-state index is 0.0451. The van der Waals surface area contributed by atoms with Crippen LogP contribution in [0.15, 0.2) is 36.5 Å². The summed E-state index contributed by atoms with van der Waals surface area (Å²) in [5, 5.41) is 0.531. The molecule has 1 aliphatic rings. The molecule has 0 N–H and O–H groups in total. The highest BCUT2D eigenvalue weighted by atomic mass is 35.5. The van der Waals surface area contributed by atoms with Crippen molar-refractivity contribution < 1.29 is 9.53 Å². The number of pyridine rings is 1. The van der Waals surface area contributed by atoms with Crippen molar-refractivity contribution in [3.63, 3.8) is 0 Å². The van der Waals surface area contributed by atoms with Gasteiger partial charge in [0.15, 0.2) is 0 Å². The minimum Gasteiger partial charge on any atom is -0.491 e. The lowest BCUT2D eigenvalue weighted by atomic mass is 10.1. The summed E-state index contributed by atoms with van der Waals surface area (Å²) in [5.41, 5.74) is 1.70. The molecule has 8 heteroatoms. The van der Waals surface area contributed by atoms with E-state index in [1.807, 2.05) is 44.2 Å². The van der Waals surface area contributed by atoms with Crippen molar-refractivity contribution in [3.05, 3.63) is 52.7 Å². The van der Waals surface area contributed by atoms with Crippen molar-refractivity contribution in [2.75, 3.05) is 72.4 Å². The maximum atomic E-state index is 13.2. The van der Waals surface area contributed by atoms with Crippen LogP contribution in [0.25, 0.3) is 0 Å². The van der Waals surface area contributed by atoms with Crippen LogP contribution < -0.4 is 9.64 Å². The molecule has 1 aliphatic heterocycles. The minimum atomic E-state index is -0.0451. The Balaban J connectivity index is 1.61. The lowest BCUT2D eigenvalue weighted by Gasteiger charge is -2.35. The number of carbonyl (C=O) groups excluding carboxylic acids is 1. The maximum Gasteiger partial charge on any atom is 0.257 e. The van der Waals surface area contributed by atoms with Gasteiger partial charge in [-0.15, -0.1) is 0 Å². The fraction of sp³-hybridized carbons (Fsp3) is 0.478. The van der Waals surface area contributed by atoms with E-state index in [2.05, 4.69) is 26.9 Å². The molecule has 0 radical (unpaired) electrons. The van der Waals surface area contributed by atoms with Gasteiger partial charge in [-0.1, -0.05) is 17.7 Å². The van der Waals surface area contributed by atoms with E-state index in [0.29, 0.717) is 36.0 Å². The molecule has 3 rings (SSSR count). The van der Waals surface area contributed by atoms with E-state index in [1.54, 1.807) is 18.2 Å². The molecule has 168 valence electrons. The van der Waals surface area contributed by atoms with Crippen LogP contribution in [0.5, 0.6) is 5.75 Å². The number of nitrogens with zero attached hydrogens (tertiary/aromatic N) is 5. The van der Waals surface area contributed by atoms with E-state index in [9.17, 15) is 4.79 Å². The molecule has 7 nitrogen and oxygen atoms in total. The van der Waals surface area contributed by atoms with Crippen LogP contribution in [-0.4, -0.2) is 93.1 Å². The summed E-state index contributed by atoms with van der Waals surface area (Å²) in [6, 6.07) is 9.41. The second-order valence-corrected chi connectivity index (χ2v) is 8.77. The lowest BCUT2D eigenvalue weighted by molar-refractivity contribution is 0.0741. The van der Waals surface area contributed by atoms with Gasteiger partial charge < -0.3 is 24.3 Å². The van der Waals surface area contributed by atoms with Gasteiger partial charge in [-0.25, -0.2) is 4.98 Å². The molecule has 1 amide bonds. The molecule has 1 aromatic heterocycles. The number of rotatable bonds is 8. The summed E-state index contributed by atoms with van der Waals surface area (Å²) >= 11 is 6.18. The molecule has 0 spiro atoms. The highest BCUT2D eigenvalue weighted by Crippen LogP contribution is 2.25. The molecule has 1 aromatic carbocycles. The molecule has 0 aliphatic carbocycles. The van der Waals surface area contributed by atoms with Gasteiger partial charge in [-0.3, -0.25) is 4.79 Å². The third kappa shape index (κ3) is 6.56. The van der Waals surface area contributed by atoms with E-state index in [-0.39, 0.29) is 5.91 Å². The third-order valence-corrected chi connectivity index (χ3v) is 5.40. The highest BCUT2D eigenvalue weighted by molar-refractivity contribution is 6.31. The first-order valence-electron chi connectivity index (χ1n) is 10.5. The number of hydrogen-bond donors (Lipinski definition) is 0. The van der Waals surface area contributed by atoms with Crippen LogP contribution in [0.3, 0.4) is 0 Å². The first-order chi connectivity index (χ1) is 14.8. The second kappa shape index (κ2) is 10.8. The number of aromatic nitrogens is 1. The Morgan fingerprint density at radius 1 is 1.06 bits per heavy atom. The number of carbonyl (C=O) groups is 1. The second-order valence-electron chi connectivity index (χ2n) is 8.33. The van der Waals surface area contributed by atoms with Crippen molar-refractivity contribution in [2.45, 2.75) is 6.54 Å². The maximum absolute atomic E-state index is 13.2. The van der Waals surface area contributed by atoms with Crippen molar-refractivity contribution in [1.29, 1.82) is 0 Å². The summed E-state index contributed by atoms with van der Waals surface area (Å²) in [4.78, 5) is 26.1.